The molecule has 1 rings (SSSR count). The van der Waals surface area contributed by atoms with Crippen LogP contribution in [-0.2, 0) is 0 Å². The van der Waals surface area contributed by atoms with Gasteiger partial charge in [-0.15, -0.1) is 0 Å². The summed E-state index contributed by atoms with van der Waals surface area (Å²) in [5.74, 6) is 0. The summed E-state index contributed by atoms with van der Waals surface area (Å²) in [5.41, 5.74) is 6.90. The van der Waals surface area contributed by atoms with Gasteiger partial charge in [0.05, 0.1) is 11.4 Å². The number of nitrogen functional groups attached to an aromatic ring is 1. The Hall–Kier alpha value is -1.71. The molecule has 0 unspecified atom stereocenters. The topological polar surface area (TPSA) is 67.2 Å². The maximum absolute atomic E-state index is 11.4. The number of carbonyl (C=O) groups is 1. The number of unbranched alkanes of at least 4 members (excludes halogenated alkanes) is 1. The highest BCUT2D eigenvalue weighted by Gasteiger charge is 2.02. The second-order valence-electron chi connectivity index (χ2n) is 3.32. The summed E-state index contributed by atoms with van der Waals surface area (Å²) in [4.78, 5) is 11.4. The molecule has 0 spiro atoms. The summed E-state index contributed by atoms with van der Waals surface area (Å²) in [6.07, 6.45) is 2.05. The van der Waals surface area contributed by atoms with Crippen LogP contribution in [0.15, 0.2) is 24.3 Å². The predicted molar refractivity (Wildman–Crippen MR) is 62.8 cm³/mol. The molecule has 0 bridgehead atoms. The molecule has 0 aliphatic rings. The smallest absolute Gasteiger partial charge is 0.319 e. The van der Waals surface area contributed by atoms with Gasteiger partial charge in [-0.1, -0.05) is 25.5 Å². The normalized spacial score (nSPS) is 9.67. The van der Waals surface area contributed by atoms with E-state index in [1.807, 2.05) is 12.1 Å². The lowest BCUT2D eigenvalue weighted by atomic mass is 10.3. The minimum absolute atomic E-state index is 0.207. The van der Waals surface area contributed by atoms with Crippen LogP contribution in [0.4, 0.5) is 16.2 Å². The molecule has 1 aromatic carbocycles. The molecule has 4 heteroatoms. The largest absolute Gasteiger partial charge is 0.397 e. The Balaban J connectivity index is 2.41. The molecule has 4 nitrogen and oxygen atoms in total. The van der Waals surface area contributed by atoms with E-state index in [1.165, 1.54) is 0 Å². The molecule has 0 aromatic heterocycles. The van der Waals surface area contributed by atoms with E-state index in [4.69, 9.17) is 5.73 Å². The highest BCUT2D eigenvalue weighted by molar-refractivity contribution is 5.92. The van der Waals surface area contributed by atoms with Crippen molar-refractivity contribution < 1.29 is 4.79 Å². The molecule has 15 heavy (non-hydrogen) atoms. The van der Waals surface area contributed by atoms with Crippen molar-refractivity contribution in [3.63, 3.8) is 0 Å². The van der Waals surface area contributed by atoms with E-state index in [0.717, 1.165) is 12.8 Å². The van der Waals surface area contributed by atoms with Crippen LogP contribution in [0.5, 0.6) is 0 Å². The average Bonchev–Trinajstić information content (AvgIpc) is 2.22. The minimum atomic E-state index is -0.207. The zero-order chi connectivity index (χ0) is 11.1. The van der Waals surface area contributed by atoms with Gasteiger partial charge in [0, 0.05) is 6.54 Å². The van der Waals surface area contributed by atoms with Crippen LogP contribution < -0.4 is 16.4 Å². The molecule has 0 saturated heterocycles. The van der Waals surface area contributed by atoms with Crippen molar-refractivity contribution in [3.05, 3.63) is 24.3 Å². The average molecular weight is 207 g/mol. The summed E-state index contributed by atoms with van der Waals surface area (Å²) < 4.78 is 0. The Morgan fingerprint density at radius 1 is 1.40 bits per heavy atom. The fraction of sp³-hybridized carbons (Fsp3) is 0.364. The molecule has 2 amide bonds. The van der Waals surface area contributed by atoms with Crippen LogP contribution in [0.25, 0.3) is 0 Å². The van der Waals surface area contributed by atoms with E-state index in [9.17, 15) is 4.79 Å². The standard InChI is InChI=1S/C11H17N3O/c1-2-3-8-13-11(15)14-10-7-5-4-6-9(10)12/h4-7H,2-3,8,12H2,1H3,(H2,13,14,15). The van der Waals surface area contributed by atoms with Crippen molar-refractivity contribution in [2.24, 2.45) is 0 Å². The monoisotopic (exact) mass is 207 g/mol. The fourth-order valence-electron chi connectivity index (χ4n) is 1.16. The van der Waals surface area contributed by atoms with Crippen LogP contribution in [0, 0.1) is 0 Å². The second kappa shape index (κ2) is 5.90. The van der Waals surface area contributed by atoms with Crippen molar-refractivity contribution in [2.45, 2.75) is 19.8 Å². The number of carbonyl (C=O) groups excluding carboxylic acids is 1. The Labute approximate surface area is 89.9 Å². The van der Waals surface area contributed by atoms with Gasteiger partial charge in [0.1, 0.15) is 0 Å². The Morgan fingerprint density at radius 3 is 2.80 bits per heavy atom. The number of rotatable bonds is 4. The molecule has 0 heterocycles. The third kappa shape index (κ3) is 3.89. The Bertz CT molecular complexity index is 325. The van der Waals surface area contributed by atoms with E-state index < -0.39 is 0 Å². The van der Waals surface area contributed by atoms with Gasteiger partial charge in [0.15, 0.2) is 0 Å². The number of hydrogen-bond acceptors (Lipinski definition) is 2. The highest BCUT2D eigenvalue weighted by atomic mass is 16.2. The lowest BCUT2D eigenvalue weighted by Gasteiger charge is -2.08. The van der Waals surface area contributed by atoms with Gasteiger partial charge in [-0.2, -0.15) is 0 Å². The summed E-state index contributed by atoms with van der Waals surface area (Å²) in [6, 6.07) is 6.98. The number of nitrogens with two attached hydrogens (primary N) is 1. The van der Waals surface area contributed by atoms with Crippen LogP contribution >= 0.6 is 0 Å². The number of anilines is 2. The number of hydrogen-bond donors (Lipinski definition) is 3. The molecule has 0 aliphatic carbocycles. The molecule has 0 fully saturated rings. The van der Waals surface area contributed by atoms with Gasteiger partial charge in [0.25, 0.3) is 0 Å². The van der Waals surface area contributed by atoms with Crippen molar-refractivity contribution in [1.82, 2.24) is 5.32 Å². The van der Waals surface area contributed by atoms with E-state index in [0.29, 0.717) is 17.9 Å². The molecule has 0 saturated carbocycles. The number of benzene rings is 1. The first-order valence-electron chi connectivity index (χ1n) is 5.13. The van der Waals surface area contributed by atoms with E-state index in [-0.39, 0.29) is 6.03 Å². The zero-order valence-electron chi connectivity index (χ0n) is 8.92. The van der Waals surface area contributed by atoms with Crippen LogP contribution in [0.1, 0.15) is 19.8 Å². The zero-order valence-corrected chi connectivity index (χ0v) is 8.92. The van der Waals surface area contributed by atoms with E-state index >= 15 is 0 Å². The first kappa shape index (κ1) is 11.4. The summed E-state index contributed by atoms with van der Waals surface area (Å²) >= 11 is 0. The van der Waals surface area contributed by atoms with Crippen LogP contribution in [0.2, 0.25) is 0 Å². The maximum Gasteiger partial charge on any atom is 0.319 e. The van der Waals surface area contributed by atoms with Crippen molar-refractivity contribution >= 4 is 17.4 Å². The first-order valence-corrected chi connectivity index (χ1v) is 5.13. The van der Waals surface area contributed by atoms with Gasteiger partial charge in [-0.25, -0.2) is 4.79 Å². The Morgan fingerprint density at radius 2 is 2.13 bits per heavy atom. The van der Waals surface area contributed by atoms with E-state index in [1.54, 1.807) is 12.1 Å². The SMILES string of the molecule is CCCCNC(=O)Nc1ccccc1N. The molecule has 0 atom stereocenters. The third-order valence-corrected chi connectivity index (χ3v) is 2.02. The molecular formula is C11H17N3O. The molecule has 0 radical (unpaired) electrons. The molecule has 0 aliphatic heterocycles. The fourth-order valence-corrected chi connectivity index (χ4v) is 1.16. The number of urea groups is 1. The third-order valence-electron chi connectivity index (χ3n) is 2.02. The van der Waals surface area contributed by atoms with Crippen LogP contribution in [-0.4, -0.2) is 12.6 Å². The molecule has 1 aromatic rings. The maximum atomic E-state index is 11.4. The van der Waals surface area contributed by atoms with Crippen molar-refractivity contribution in [2.75, 3.05) is 17.6 Å². The van der Waals surface area contributed by atoms with Gasteiger partial charge in [-0.05, 0) is 18.6 Å². The summed E-state index contributed by atoms with van der Waals surface area (Å²) in [5, 5.41) is 5.45. The molecule has 4 N–H and O–H groups in total. The quantitative estimate of drug-likeness (QED) is 0.523. The number of nitrogens with one attached hydrogen (secondary N) is 2. The minimum Gasteiger partial charge on any atom is -0.397 e. The molecule has 82 valence electrons. The van der Waals surface area contributed by atoms with Gasteiger partial charge >= 0.3 is 6.03 Å². The Kier molecular flexibility index (Phi) is 4.47. The lowest BCUT2D eigenvalue weighted by Crippen LogP contribution is -2.29. The molecular weight excluding hydrogens is 190 g/mol. The second-order valence-corrected chi connectivity index (χ2v) is 3.32. The first-order chi connectivity index (χ1) is 7.24. The summed E-state index contributed by atoms with van der Waals surface area (Å²) in [6.45, 7) is 2.77. The lowest BCUT2D eigenvalue weighted by molar-refractivity contribution is 0.252. The van der Waals surface area contributed by atoms with Crippen molar-refractivity contribution in [1.29, 1.82) is 0 Å². The number of para-hydroxylation sites is 2. The van der Waals surface area contributed by atoms with Crippen LogP contribution in [0.3, 0.4) is 0 Å². The predicted octanol–water partition coefficient (Wildman–Crippen LogP) is 2.19. The number of amides is 2. The van der Waals surface area contributed by atoms with Gasteiger partial charge in [-0.3, -0.25) is 0 Å². The highest BCUT2D eigenvalue weighted by Crippen LogP contribution is 2.16. The van der Waals surface area contributed by atoms with Crippen molar-refractivity contribution in [3.8, 4) is 0 Å². The van der Waals surface area contributed by atoms with Gasteiger partial charge in [0.2, 0.25) is 0 Å². The van der Waals surface area contributed by atoms with E-state index in [2.05, 4.69) is 17.6 Å². The summed E-state index contributed by atoms with van der Waals surface area (Å²) in [7, 11) is 0. The van der Waals surface area contributed by atoms with Gasteiger partial charge < -0.3 is 16.4 Å².